The van der Waals surface area contributed by atoms with Crippen LogP contribution >= 0.6 is 0 Å². The van der Waals surface area contributed by atoms with E-state index in [0.29, 0.717) is 22.7 Å². The van der Waals surface area contributed by atoms with Gasteiger partial charge < -0.3 is 14.8 Å². The second kappa shape index (κ2) is 9.56. The highest BCUT2D eigenvalue weighted by Gasteiger charge is 2.18. The number of methoxy groups -OCH3 is 1. The number of carbonyl (C=O) groups excluding carboxylic acids is 1. The van der Waals surface area contributed by atoms with Crippen LogP contribution in [0.3, 0.4) is 0 Å². The Hall–Kier alpha value is -4.14. The molecule has 0 atom stereocenters. The molecular formula is C24H24FN5O3. The molecule has 170 valence electrons. The predicted octanol–water partition coefficient (Wildman–Crippen LogP) is 4.18. The quantitative estimate of drug-likeness (QED) is 0.436. The lowest BCUT2D eigenvalue weighted by Gasteiger charge is -2.08. The fourth-order valence-electron chi connectivity index (χ4n) is 3.36. The number of halogens is 1. The number of anilines is 1. The number of carbonyl (C=O) groups is 1. The average Bonchev–Trinajstić information content (AvgIpc) is 3.40. The van der Waals surface area contributed by atoms with Crippen LogP contribution in [0, 0.1) is 19.7 Å². The highest BCUT2D eigenvalue weighted by Crippen LogP contribution is 2.22. The Morgan fingerprint density at radius 2 is 1.76 bits per heavy atom. The standard InChI is InChI=1S/C24H24FN5O3/c1-16-23(17(2)30(27-16)14-18-6-4-5-7-21(18)25)26-24(31)22-12-13-29(28-22)15-33-20-10-8-19(32-3)9-11-20/h4-13H,14-15H2,1-3H3,(H,26,31). The van der Waals surface area contributed by atoms with E-state index in [2.05, 4.69) is 15.5 Å². The molecule has 0 saturated heterocycles. The number of nitrogens with zero attached hydrogens (tertiary/aromatic N) is 4. The Morgan fingerprint density at radius 3 is 2.48 bits per heavy atom. The Kier molecular flexibility index (Phi) is 6.39. The first-order valence-corrected chi connectivity index (χ1v) is 10.3. The number of nitrogens with one attached hydrogen (secondary N) is 1. The van der Waals surface area contributed by atoms with Crippen LogP contribution in [-0.4, -0.2) is 32.6 Å². The van der Waals surface area contributed by atoms with Gasteiger partial charge in [0.1, 0.15) is 17.3 Å². The molecule has 0 spiro atoms. The molecule has 4 rings (SSSR count). The third-order valence-corrected chi connectivity index (χ3v) is 5.19. The summed E-state index contributed by atoms with van der Waals surface area (Å²) in [6, 6.07) is 15.3. The molecule has 0 bridgehead atoms. The first-order valence-electron chi connectivity index (χ1n) is 10.3. The average molecular weight is 449 g/mol. The molecule has 9 heteroatoms. The topological polar surface area (TPSA) is 83.2 Å². The monoisotopic (exact) mass is 449 g/mol. The molecule has 0 fully saturated rings. The Labute approximate surface area is 190 Å². The number of aromatic nitrogens is 4. The van der Waals surface area contributed by atoms with Gasteiger partial charge in [0, 0.05) is 11.8 Å². The van der Waals surface area contributed by atoms with Gasteiger partial charge in [-0.15, -0.1) is 0 Å². The minimum Gasteiger partial charge on any atom is -0.497 e. The third kappa shape index (κ3) is 5.03. The van der Waals surface area contributed by atoms with E-state index in [4.69, 9.17) is 9.47 Å². The lowest BCUT2D eigenvalue weighted by atomic mass is 10.2. The maximum atomic E-state index is 14.0. The van der Waals surface area contributed by atoms with Gasteiger partial charge in [-0.2, -0.15) is 10.2 Å². The van der Waals surface area contributed by atoms with Crippen molar-refractivity contribution in [3.63, 3.8) is 0 Å². The zero-order valence-corrected chi connectivity index (χ0v) is 18.6. The lowest BCUT2D eigenvalue weighted by molar-refractivity contribution is 0.102. The molecule has 0 unspecified atom stereocenters. The number of amides is 1. The van der Waals surface area contributed by atoms with Crippen molar-refractivity contribution in [2.45, 2.75) is 27.1 Å². The highest BCUT2D eigenvalue weighted by atomic mass is 19.1. The fraction of sp³-hybridized carbons (Fsp3) is 0.208. The maximum Gasteiger partial charge on any atom is 0.276 e. The van der Waals surface area contributed by atoms with Crippen LogP contribution in [0.25, 0.3) is 0 Å². The summed E-state index contributed by atoms with van der Waals surface area (Å²) in [4.78, 5) is 12.8. The number of hydrogen-bond donors (Lipinski definition) is 1. The van der Waals surface area contributed by atoms with Gasteiger partial charge in [-0.25, -0.2) is 9.07 Å². The number of hydrogen-bond acceptors (Lipinski definition) is 5. The van der Waals surface area contributed by atoms with E-state index in [9.17, 15) is 9.18 Å². The molecule has 0 aliphatic rings. The predicted molar refractivity (Wildman–Crippen MR) is 121 cm³/mol. The molecule has 0 saturated carbocycles. The summed E-state index contributed by atoms with van der Waals surface area (Å²) in [5, 5.41) is 11.6. The third-order valence-electron chi connectivity index (χ3n) is 5.19. The maximum absolute atomic E-state index is 14.0. The number of benzene rings is 2. The van der Waals surface area contributed by atoms with E-state index in [1.165, 1.54) is 10.7 Å². The largest absolute Gasteiger partial charge is 0.497 e. The molecule has 1 amide bonds. The molecule has 2 aromatic heterocycles. The first-order chi connectivity index (χ1) is 15.9. The van der Waals surface area contributed by atoms with Gasteiger partial charge >= 0.3 is 0 Å². The molecule has 1 N–H and O–H groups in total. The van der Waals surface area contributed by atoms with Crippen molar-refractivity contribution in [2.75, 3.05) is 12.4 Å². The summed E-state index contributed by atoms with van der Waals surface area (Å²) in [5.74, 6) is 0.738. The van der Waals surface area contributed by atoms with Crippen LogP contribution < -0.4 is 14.8 Å². The number of rotatable bonds is 8. The van der Waals surface area contributed by atoms with Crippen molar-refractivity contribution in [3.8, 4) is 11.5 Å². The van der Waals surface area contributed by atoms with E-state index in [1.807, 2.05) is 6.92 Å². The van der Waals surface area contributed by atoms with Crippen LogP contribution in [-0.2, 0) is 13.3 Å². The summed E-state index contributed by atoms with van der Waals surface area (Å²) in [6.07, 6.45) is 1.67. The molecule has 4 aromatic rings. The van der Waals surface area contributed by atoms with Crippen LogP contribution in [0.4, 0.5) is 10.1 Å². The van der Waals surface area contributed by atoms with E-state index in [1.54, 1.807) is 73.4 Å². The van der Waals surface area contributed by atoms with Gasteiger partial charge in [0.2, 0.25) is 0 Å². The Morgan fingerprint density at radius 1 is 1.03 bits per heavy atom. The second-order valence-corrected chi connectivity index (χ2v) is 7.44. The van der Waals surface area contributed by atoms with Crippen LogP contribution in [0.2, 0.25) is 0 Å². The molecule has 0 radical (unpaired) electrons. The Balaban J connectivity index is 1.41. The number of aryl methyl sites for hydroxylation is 1. The van der Waals surface area contributed by atoms with Gasteiger partial charge in [0.15, 0.2) is 12.4 Å². The normalized spacial score (nSPS) is 10.8. The molecule has 2 heterocycles. The van der Waals surface area contributed by atoms with Crippen molar-refractivity contribution in [1.82, 2.24) is 19.6 Å². The van der Waals surface area contributed by atoms with E-state index in [0.717, 1.165) is 11.4 Å². The van der Waals surface area contributed by atoms with Crippen molar-refractivity contribution >= 4 is 11.6 Å². The fourth-order valence-corrected chi connectivity index (χ4v) is 3.36. The minimum atomic E-state index is -0.366. The van der Waals surface area contributed by atoms with Crippen molar-refractivity contribution < 1.29 is 18.7 Å². The highest BCUT2D eigenvalue weighted by molar-refractivity contribution is 6.03. The molecule has 0 aliphatic heterocycles. The summed E-state index contributed by atoms with van der Waals surface area (Å²) in [7, 11) is 1.60. The van der Waals surface area contributed by atoms with Crippen LogP contribution in [0.15, 0.2) is 60.8 Å². The first kappa shape index (κ1) is 22.1. The minimum absolute atomic E-state index is 0.151. The van der Waals surface area contributed by atoms with E-state index in [-0.39, 0.29) is 30.7 Å². The summed E-state index contributed by atoms with van der Waals surface area (Å²) >= 11 is 0. The van der Waals surface area contributed by atoms with E-state index < -0.39 is 0 Å². The summed E-state index contributed by atoms with van der Waals surface area (Å²) in [5.41, 5.74) is 2.72. The molecular weight excluding hydrogens is 425 g/mol. The summed E-state index contributed by atoms with van der Waals surface area (Å²) in [6.45, 7) is 4.05. The Bertz CT molecular complexity index is 1260. The molecule has 33 heavy (non-hydrogen) atoms. The van der Waals surface area contributed by atoms with Crippen molar-refractivity contribution in [1.29, 1.82) is 0 Å². The van der Waals surface area contributed by atoms with Crippen LogP contribution in [0.5, 0.6) is 11.5 Å². The van der Waals surface area contributed by atoms with Crippen molar-refractivity contribution in [2.24, 2.45) is 0 Å². The zero-order chi connectivity index (χ0) is 23.4. The molecule has 2 aromatic carbocycles. The van der Waals surface area contributed by atoms with Gasteiger partial charge in [-0.05, 0) is 50.2 Å². The zero-order valence-electron chi connectivity index (χ0n) is 18.6. The SMILES string of the molecule is COc1ccc(OCn2ccc(C(=O)Nc3c(C)nn(Cc4ccccc4F)c3C)n2)cc1. The number of ether oxygens (including phenoxy) is 2. The summed E-state index contributed by atoms with van der Waals surface area (Å²) < 4.78 is 28.0. The van der Waals surface area contributed by atoms with Gasteiger partial charge in [0.05, 0.1) is 30.7 Å². The lowest BCUT2D eigenvalue weighted by Crippen LogP contribution is -2.15. The molecule has 8 nitrogen and oxygen atoms in total. The van der Waals surface area contributed by atoms with Gasteiger partial charge in [0.25, 0.3) is 5.91 Å². The molecule has 0 aliphatic carbocycles. The van der Waals surface area contributed by atoms with Crippen LogP contribution in [0.1, 0.15) is 27.4 Å². The second-order valence-electron chi connectivity index (χ2n) is 7.44. The van der Waals surface area contributed by atoms with Gasteiger partial charge in [-0.3, -0.25) is 9.48 Å². The van der Waals surface area contributed by atoms with Crippen molar-refractivity contribution in [3.05, 3.63) is 89.3 Å². The van der Waals surface area contributed by atoms with Gasteiger partial charge in [-0.1, -0.05) is 18.2 Å². The van der Waals surface area contributed by atoms with E-state index >= 15 is 0 Å². The smallest absolute Gasteiger partial charge is 0.276 e.